The maximum Gasteiger partial charge on any atom is 0.341 e. The summed E-state index contributed by atoms with van der Waals surface area (Å²) in [5.41, 5.74) is 7.59. The fourth-order valence-electron chi connectivity index (χ4n) is 2.39. The molecule has 0 atom stereocenters. The van der Waals surface area contributed by atoms with Gasteiger partial charge < -0.3 is 15.6 Å². The van der Waals surface area contributed by atoms with Crippen molar-refractivity contribution in [3.63, 3.8) is 0 Å². The number of rotatable bonds is 5. The first-order chi connectivity index (χ1) is 9.17. The molecule has 2 rings (SSSR count). The molecule has 5 nitrogen and oxygen atoms in total. The Balaban J connectivity index is 2.15. The van der Waals surface area contributed by atoms with Gasteiger partial charge in [-0.15, -0.1) is 11.3 Å². The van der Waals surface area contributed by atoms with Crippen LogP contribution in [0.4, 0.5) is 5.00 Å². The van der Waals surface area contributed by atoms with E-state index < -0.39 is 0 Å². The summed E-state index contributed by atoms with van der Waals surface area (Å²) >= 11 is 1.48. The molecule has 0 radical (unpaired) electrons. The van der Waals surface area contributed by atoms with Crippen LogP contribution in [0.3, 0.4) is 0 Å². The predicted octanol–water partition coefficient (Wildman–Crippen LogP) is 1.25. The molecule has 0 aliphatic carbocycles. The highest BCUT2D eigenvalue weighted by molar-refractivity contribution is 7.16. The van der Waals surface area contributed by atoms with Crippen molar-refractivity contribution >= 4 is 22.3 Å². The third-order valence-corrected chi connectivity index (χ3v) is 4.32. The van der Waals surface area contributed by atoms with E-state index in [9.17, 15) is 4.79 Å². The third kappa shape index (κ3) is 3.08. The van der Waals surface area contributed by atoms with E-state index in [2.05, 4.69) is 4.90 Å². The molecular formula is C13H20N2O3S. The number of anilines is 1. The topological polar surface area (TPSA) is 75.8 Å². The number of aliphatic hydroxyl groups is 1. The molecule has 106 valence electrons. The first-order valence-electron chi connectivity index (χ1n) is 6.57. The van der Waals surface area contributed by atoms with Crippen LogP contribution >= 0.6 is 11.3 Å². The van der Waals surface area contributed by atoms with Gasteiger partial charge in [-0.2, -0.15) is 0 Å². The molecule has 1 aliphatic heterocycles. The molecule has 1 aromatic rings. The van der Waals surface area contributed by atoms with Crippen LogP contribution < -0.4 is 5.73 Å². The lowest BCUT2D eigenvalue weighted by molar-refractivity contribution is 0.0526. The van der Waals surface area contributed by atoms with Gasteiger partial charge in [-0.25, -0.2) is 4.79 Å². The lowest BCUT2D eigenvalue weighted by Crippen LogP contribution is -2.31. The maximum atomic E-state index is 11.9. The van der Waals surface area contributed by atoms with Gasteiger partial charge in [0, 0.05) is 31.1 Å². The molecule has 1 aliphatic rings. The van der Waals surface area contributed by atoms with Gasteiger partial charge in [-0.05, 0) is 25.3 Å². The number of nitrogens with two attached hydrogens (primary N) is 1. The number of esters is 1. The van der Waals surface area contributed by atoms with Crippen molar-refractivity contribution in [3.8, 4) is 0 Å². The van der Waals surface area contributed by atoms with E-state index in [1.165, 1.54) is 11.3 Å². The second kappa shape index (κ2) is 6.36. The fourth-order valence-corrected chi connectivity index (χ4v) is 3.54. The Kier molecular flexibility index (Phi) is 4.79. The summed E-state index contributed by atoms with van der Waals surface area (Å²) in [5, 5.41) is 9.43. The van der Waals surface area contributed by atoms with Crippen LogP contribution in [0.15, 0.2) is 0 Å². The molecule has 1 aromatic heterocycles. The number of nitrogen functional groups attached to an aromatic ring is 1. The predicted molar refractivity (Wildman–Crippen MR) is 75.4 cm³/mol. The zero-order valence-electron chi connectivity index (χ0n) is 11.1. The Morgan fingerprint density at radius 3 is 3.05 bits per heavy atom. The molecule has 6 heteroatoms. The van der Waals surface area contributed by atoms with Gasteiger partial charge in [0.25, 0.3) is 0 Å². The Labute approximate surface area is 117 Å². The van der Waals surface area contributed by atoms with Gasteiger partial charge in [-0.1, -0.05) is 0 Å². The number of carbonyl (C=O) groups is 1. The van der Waals surface area contributed by atoms with Crippen molar-refractivity contribution in [2.24, 2.45) is 0 Å². The Morgan fingerprint density at radius 2 is 2.37 bits per heavy atom. The minimum Gasteiger partial charge on any atom is -0.462 e. The standard InChI is InChI=1S/C13H20N2O3S/c1-2-18-13(17)11-9-4-6-15(5-3-7-16)8-10(9)19-12(11)14/h16H,2-8,14H2,1H3. The summed E-state index contributed by atoms with van der Waals surface area (Å²) < 4.78 is 5.07. The summed E-state index contributed by atoms with van der Waals surface area (Å²) in [7, 11) is 0. The number of thiophene rings is 1. The highest BCUT2D eigenvalue weighted by Gasteiger charge is 2.27. The van der Waals surface area contributed by atoms with Crippen molar-refractivity contribution in [2.45, 2.75) is 26.3 Å². The van der Waals surface area contributed by atoms with Crippen LogP contribution in [0.5, 0.6) is 0 Å². The van der Waals surface area contributed by atoms with Crippen LogP contribution in [0.25, 0.3) is 0 Å². The highest BCUT2D eigenvalue weighted by atomic mass is 32.1. The monoisotopic (exact) mass is 284 g/mol. The molecule has 0 spiro atoms. The summed E-state index contributed by atoms with van der Waals surface area (Å²) in [6.45, 7) is 4.96. The number of hydrogen-bond donors (Lipinski definition) is 2. The number of nitrogens with zero attached hydrogens (tertiary/aromatic N) is 1. The summed E-state index contributed by atoms with van der Waals surface area (Å²) in [4.78, 5) is 15.3. The number of carbonyl (C=O) groups excluding carboxylic acids is 1. The van der Waals surface area contributed by atoms with E-state index in [0.717, 1.165) is 42.9 Å². The van der Waals surface area contributed by atoms with Crippen LogP contribution in [0.1, 0.15) is 34.1 Å². The molecule has 0 saturated heterocycles. The molecule has 0 unspecified atom stereocenters. The first-order valence-corrected chi connectivity index (χ1v) is 7.39. The Bertz CT molecular complexity index is 459. The lowest BCUT2D eigenvalue weighted by atomic mass is 10.0. The Morgan fingerprint density at radius 1 is 1.58 bits per heavy atom. The van der Waals surface area contributed by atoms with E-state index in [1.807, 2.05) is 0 Å². The molecule has 0 saturated carbocycles. The van der Waals surface area contributed by atoms with Crippen LogP contribution in [-0.2, 0) is 17.7 Å². The van der Waals surface area contributed by atoms with E-state index in [-0.39, 0.29) is 12.6 Å². The molecule has 0 fully saturated rings. The number of aliphatic hydroxyl groups excluding tert-OH is 1. The largest absolute Gasteiger partial charge is 0.462 e. The maximum absolute atomic E-state index is 11.9. The van der Waals surface area contributed by atoms with Gasteiger partial charge in [0.05, 0.1) is 12.2 Å². The van der Waals surface area contributed by atoms with E-state index >= 15 is 0 Å². The quantitative estimate of drug-likeness (QED) is 0.796. The number of ether oxygens (including phenoxy) is 1. The van der Waals surface area contributed by atoms with Crippen molar-refractivity contribution < 1.29 is 14.6 Å². The number of fused-ring (bicyclic) bond motifs is 1. The summed E-state index contributed by atoms with van der Waals surface area (Å²) in [5.74, 6) is -0.304. The minimum atomic E-state index is -0.304. The van der Waals surface area contributed by atoms with Crippen LogP contribution in [0.2, 0.25) is 0 Å². The molecule has 3 N–H and O–H groups in total. The molecule has 0 aromatic carbocycles. The SMILES string of the molecule is CCOC(=O)c1c(N)sc2c1CCN(CCCO)C2. The first kappa shape index (κ1) is 14.3. The van der Waals surface area contributed by atoms with Crippen molar-refractivity contribution in [1.29, 1.82) is 0 Å². The van der Waals surface area contributed by atoms with Crippen LogP contribution in [-0.4, -0.2) is 42.3 Å². The van der Waals surface area contributed by atoms with Gasteiger partial charge >= 0.3 is 5.97 Å². The van der Waals surface area contributed by atoms with Crippen molar-refractivity contribution in [3.05, 3.63) is 16.0 Å². The zero-order valence-corrected chi connectivity index (χ0v) is 12.0. The Hall–Kier alpha value is -1.11. The van der Waals surface area contributed by atoms with E-state index in [1.54, 1.807) is 6.92 Å². The summed E-state index contributed by atoms with van der Waals surface area (Å²) in [6, 6.07) is 0. The number of hydrogen-bond acceptors (Lipinski definition) is 6. The highest BCUT2D eigenvalue weighted by Crippen LogP contribution is 2.35. The molecule has 2 heterocycles. The second-order valence-electron chi connectivity index (χ2n) is 4.57. The van der Waals surface area contributed by atoms with E-state index in [4.69, 9.17) is 15.6 Å². The van der Waals surface area contributed by atoms with Gasteiger partial charge in [0.15, 0.2) is 0 Å². The third-order valence-electron chi connectivity index (χ3n) is 3.28. The average Bonchev–Trinajstić information content (AvgIpc) is 2.71. The average molecular weight is 284 g/mol. The van der Waals surface area contributed by atoms with Crippen molar-refractivity contribution in [2.75, 3.05) is 32.0 Å². The fraction of sp³-hybridized carbons (Fsp3) is 0.615. The normalized spacial score (nSPS) is 15.3. The molecule has 0 bridgehead atoms. The van der Waals surface area contributed by atoms with Gasteiger partial charge in [-0.3, -0.25) is 4.90 Å². The van der Waals surface area contributed by atoms with E-state index in [0.29, 0.717) is 17.2 Å². The van der Waals surface area contributed by atoms with Crippen LogP contribution in [0, 0.1) is 0 Å². The van der Waals surface area contributed by atoms with Gasteiger partial charge in [0.2, 0.25) is 0 Å². The lowest BCUT2D eigenvalue weighted by Gasteiger charge is -2.26. The smallest absolute Gasteiger partial charge is 0.341 e. The minimum absolute atomic E-state index is 0.212. The van der Waals surface area contributed by atoms with Crippen molar-refractivity contribution in [1.82, 2.24) is 4.90 Å². The van der Waals surface area contributed by atoms with Gasteiger partial charge in [0.1, 0.15) is 5.00 Å². The molecule has 0 amide bonds. The second-order valence-corrected chi connectivity index (χ2v) is 5.70. The molecular weight excluding hydrogens is 264 g/mol. The molecule has 19 heavy (non-hydrogen) atoms. The zero-order chi connectivity index (χ0) is 13.8. The summed E-state index contributed by atoms with van der Waals surface area (Å²) in [6.07, 6.45) is 1.60.